The molecule has 34 heavy (non-hydrogen) atoms. The normalized spacial score (nSPS) is 12.7. The topological polar surface area (TPSA) is 69.0 Å². The number of carbonyl (C=O) groups is 1. The highest BCUT2D eigenvalue weighted by atomic mass is 35.5. The lowest BCUT2D eigenvalue weighted by Crippen LogP contribution is -2.23. The van der Waals surface area contributed by atoms with Crippen LogP contribution >= 0.6 is 23.4 Å². The number of hydrogen-bond acceptors (Lipinski definition) is 5. The predicted octanol–water partition coefficient (Wildman–Crippen LogP) is 6.32. The number of thioether (sulfide) groups is 1. The minimum atomic E-state index is -0.570. The van der Waals surface area contributed by atoms with Gasteiger partial charge < -0.3 is 10.1 Å². The summed E-state index contributed by atoms with van der Waals surface area (Å²) in [7, 11) is 0. The van der Waals surface area contributed by atoms with Gasteiger partial charge in [0.2, 0.25) is 5.91 Å². The average molecular weight is 497 g/mol. The van der Waals surface area contributed by atoms with Gasteiger partial charge in [0.05, 0.1) is 16.0 Å². The van der Waals surface area contributed by atoms with E-state index < -0.39 is 17.2 Å². The first-order chi connectivity index (χ1) is 16.4. The molecular formula is C25H22ClFN4O2S. The molecule has 0 aliphatic heterocycles. The summed E-state index contributed by atoms with van der Waals surface area (Å²) < 4.78 is 21.9. The van der Waals surface area contributed by atoms with Crippen LogP contribution in [0.3, 0.4) is 0 Å². The van der Waals surface area contributed by atoms with Crippen LogP contribution < -0.4 is 10.1 Å². The molecule has 3 aromatic carbocycles. The number of halogens is 2. The van der Waals surface area contributed by atoms with Crippen LogP contribution in [-0.2, 0) is 4.79 Å². The lowest BCUT2D eigenvalue weighted by molar-refractivity contribution is -0.115. The molecule has 1 amide bonds. The standard InChI is InChI=1S/C25H22ClFN4O2S/c1-16(33-22-15-9-6-12-19(22)26)23-29-30-25(31(23)18-10-4-3-5-11-18)34-17(2)24(32)28-21-14-8-7-13-20(21)27/h3-17H,1-2H3,(H,28,32). The van der Waals surface area contributed by atoms with E-state index in [2.05, 4.69) is 15.5 Å². The fourth-order valence-electron chi connectivity index (χ4n) is 3.23. The lowest BCUT2D eigenvalue weighted by atomic mass is 10.3. The number of nitrogens with one attached hydrogen (secondary N) is 1. The van der Waals surface area contributed by atoms with Crippen LogP contribution in [0.2, 0.25) is 5.02 Å². The van der Waals surface area contributed by atoms with Gasteiger partial charge in [-0.2, -0.15) is 0 Å². The second kappa shape index (κ2) is 10.7. The molecule has 1 N–H and O–H groups in total. The van der Waals surface area contributed by atoms with Crippen molar-refractivity contribution in [2.75, 3.05) is 5.32 Å². The van der Waals surface area contributed by atoms with Crippen molar-refractivity contribution < 1.29 is 13.9 Å². The van der Waals surface area contributed by atoms with E-state index in [1.165, 1.54) is 23.9 Å². The summed E-state index contributed by atoms with van der Waals surface area (Å²) in [4.78, 5) is 12.7. The second-order valence-electron chi connectivity index (χ2n) is 7.43. The summed E-state index contributed by atoms with van der Waals surface area (Å²) in [5, 5.41) is 11.8. The van der Waals surface area contributed by atoms with Gasteiger partial charge in [-0.3, -0.25) is 9.36 Å². The number of benzene rings is 3. The highest BCUT2D eigenvalue weighted by Crippen LogP contribution is 2.32. The van der Waals surface area contributed by atoms with Crippen LogP contribution in [0.25, 0.3) is 5.69 Å². The maximum Gasteiger partial charge on any atom is 0.237 e. The van der Waals surface area contributed by atoms with E-state index in [4.69, 9.17) is 16.3 Å². The molecule has 1 aromatic heterocycles. The van der Waals surface area contributed by atoms with Gasteiger partial charge in [-0.25, -0.2) is 4.39 Å². The van der Waals surface area contributed by atoms with Crippen molar-refractivity contribution in [2.45, 2.75) is 30.4 Å². The molecule has 0 fully saturated rings. The van der Waals surface area contributed by atoms with Gasteiger partial charge in [0.15, 0.2) is 17.1 Å². The van der Waals surface area contributed by atoms with Gasteiger partial charge in [0.25, 0.3) is 0 Å². The van der Waals surface area contributed by atoms with Crippen molar-refractivity contribution in [3.63, 3.8) is 0 Å². The maximum absolute atomic E-state index is 14.0. The van der Waals surface area contributed by atoms with E-state index in [-0.39, 0.29) is 11.6 Å². The smallest absolute Gasteiger partial charge is 0.237 e. The fourth-order valence-corrected chi connectivity index (χ4v) is 4.29. The zero-order chi connectivity index (χ0) is 24.1. The number of para-hydroxylation sites is 3. The minimum Gasteiger partial charge on any atom is -0.481 e. The third-order valence-corrected chi connectivity index (χ3v) is 6.31. The van der Waals surface area contributed by atoms with E-state index in [1.807, 2.05) is 54.0 Å². The molecule has 2 atom stereocenters. The number of rotatable bonds is 8. The molecule has 4 rings (SSSR count). The molecular weight excluding hydrogens is 475 g/mol. The maximum atomic E-state index is 14.0. The summed E-state index contributed by atoms with van der Waals surface area (Å²) in [6.07, 6.45) is -0.482. The predicted molar refractivity (Wildman–Crippen MR) is 132 cm³/mol. The van der Waals surface area contributed by atoms with Crippen LogP contribution in [-0.4, -0.2) is 25.9 Å². The van der Waals surface area contributed by atoms with E-state index >= 15 is 0 Å². The Morgan fingerprint density at radius 3 is 2.41 bits per heavy atom. The van der Waals surface area contributed by atoms with Crippen molar-refractivity contribution >= 4 is 35.0 Å². The number of hydrogen-bond donors (Lipinski definition) is 1. The highest BCUT2D eigenvalue weighted by Gasteiger charge is 2.25. The number of amides is 1. The molecule has 0 spiro atoms. The monoisotopic (exact) mass is 496 g/mol. The Morgan fingerprint density at radius 1 is 1.00 bits per heavy atom. The summed E-state index contributed by atoms with van der Waals surface area (Å²) in [5.41, 5.74) is 0.952. The van der Waals surface area contributed by atoms with Crippen LogP contribution in [0.1, 0.15) is 25.8 Å². The Morgan fingerprint density at radius 2 is 1.68 bits per heavy atom. The Bertz CT molecular complexity index is 1280. The lowest BCUT2D eigenvalue weighted by Gasteiger charge is -2.18. The first kappa shape index (κ1) is 23.8. The molecule has 6 nitrogen and oxygen atoms in total. The Kier molecular flexibility index (Phi) is 7.49. The van der Waals surface area contributed by atoms with E-state index in [9.17, 15) is 9.18 Å². The molecule has 4 aromatic rings. The van der Waals surface area contributed by atoms with Gasteiger partial charge in [-0.1, -0.05) is 65.8 Å². The largest absolute Gasteiger partial charge is 0.481 e. The molecule has 2 unspecified atom stereocenters. The molecule has 9 heteroatoms. The van der Waals surface area contributed by atoms with Crippen molar-refractivity contribution in [1.82, 2.24) is 14.8 Å². The summed E-state index contributed by atoms with van der Waals surface area (Å²) in [6, 6.07) is 22.8. The number of anilines is 1. The van der Waals surface area contributed by atoms with Crippen molar-refractivity contribution in [2.24, 2.45) is 0 Å². The molecule has 0 aliphatic carbocycles. The van der Waals surface area contributed by atoms with E-state index in [0.29, 0.717) is 21.8 Å². The summed E-state index contributed by atoms with van der Waals surface area (Å²) in [6.45, 7) is 3.59. The molecule has 0 saturated heterocycles. The first-order valence-electron chi connectivity index (χ1n) is 10.6. The van der Waals surface area contributed by atoms with Gasteiger partial charge in [-0.15, -0.1) is 10.2 Å². The van der Waals surface area contributed by atoms with Crippen molar-refractivity contribution in [1.29, 1.82) is 0 Å². The average Bonchev–Trinajstić information content (AvgIpc) is 3.26. The number of ether oxygens (including phenoxy) is 1. The number of nitrogens with zero attached hydrogens (tertiary/aromatic N) is 3. The third kappa shape index (κ3) is 5.40. The fraction of sp³-hybridized carbons (Fsp3) is 0.160. The quantitative estimate of drug-likeness (QED) is 0.289. The van der Waals surface area contributed by atoms with Gasteiger partial charge in [0, 0.05) is 5.69 Å². The molecule has 0 bridgehead atoms. The van der Waals surface area contributed by atoms with Gasteiger partial charge in [-0.05, 0) is 50.2 Å². The zero-order valence-electron chi connectivity index (χ0n) is 18.5. The molecule has 174 valence electrons. The Labute approximate surface area is 206 Å². The van der Waals surface area contributed by atoms with Crippen LogP contribution in [0.5, 0.6) is 5.75 Å². The van der Waals surface area contributed by atoms with Crippen molar-refractivity contribution in [3.8, 4) is 11.4 Å². The van der Waals surface area contributed by atoms with Crippen molar-refractivity contribution in [3.05, 3.63) is 95.5 Å². The van der Waals surface area contributed by atoms with Gasteiger partial charge in [0.1, 0.15) is 11.6 Å². The molecule has 0 aliphatic rings. The summed E-state index contributed by atoms with van der Waals surface area (Å²) in [5.74, 6) is 0.245. The third-order valence-electron chi connectivity index (χ3n) is 4.96. The minimum absolute atomic E-state index is 0.131. The zero-order valence-corrected chi connectivity index (χ0v) is 20.1. The highest BCUT2D eigenvalue weighted by molar-refractivity contribution is 8.00. The SMILES string of the molecule is CC(Sc1nnc(C(C)Oc2ccccc2Cl)n1-c1ccccc1)C(=O)Nc1ccccc1F. The Balaban J connectivity index is 1.60. The molecule has 0 radical (unpaired) electrons. The Hall–Kier alpha value is -3.36. The summed E-state index contributed by atoms with van der Waals surface area (Å²) >= 11 is 7.48. The second-order valence-corrected chi connectivity index (χ2v) is 9.15. The van der Waals surface area contributed by atoms with E-state index in [0.717, 1.165) is 5.69 Å². The van der Waals surface area contributed by atoms with E-state index in [1.54, 1.807) is 31.2 Å². The van der Waals surface area contributed by atoms with Crippen LogP contribution in [0.15, 0.2) is 84.0 Å². The first-order valence-corrected chi connectivity index (χ1v) is 11.8. The number of carbonyl (C=O) groups excluding carboxylic acids is 1. The van der Waals surface area contributed by atoms with Crippen LogP contribution in [0, 0.1) is 5.82 Å². The van der Waals surface area contributed by atoms with Crippen LogP contribution in [0.4, 0.5) is 10.1 Å². The molecule has 0 saturated carbocycles. The van der Waals surface area contributed by atoms with Gasteiger partial charge >= 0.3 is 0 Å². The molecule has 1 heterocycles. The number of aromatic nitrogens is 3.